The van der Waals surface area contributed by atoms with Gasteiger partial charge in [-0.15, -0.1) is 0 Å². The molecule has 2 aromatic rings. The number of hydrogen-bond acceptors (Lipinski definition) is 6. The summed E-state index contributed by atoms with van der Waals surface area (Å²) >= 11 is 0. The smallest absolute Gasteiger partial charge is 0.292 e. The molecule has 3 heterocycles. The lowest BCUT2D eigenvalue weighted by Crippen LogP contribution is -2.48. The number of Topliss-reactive ketones (excluding diaryl/α,β-unsaturated/α-hetero) is 1. The van der Waals surface area contributed by atoms with E-state index in [1.165, 1.54) is 6.07 Å². The topological polar surface area (TPSA) is 103 Å². The van der Waals surface area contributed by atoms with Crippen molar-refractivity contribution in [3.05, 3.63) is 57.9 Å². The Balaban J connectivity index is 1.33. The Labute approximate surface area is 174 Å². The molecule has 0 saturated carbocycles. The van der Waals surface area contributed by atoms with Crippen molar-refractivity contribution in [2.24, 2.45) is 0 Å². The minimum atomic E-state index is -0.363. The highest BCUT2D eigenvalue weighted by atomic mass is 16.6. The highest BCUT2D eigenvalue weighted by Gasteiger charge is 2.25. The van der Waals surface area contributed by atoms with Gasteiger partial charge in [-0.3, -0.25) is 24.6 Å². The van der Waals surface area contributed by atoms with E-state index in [-0.39, 0.29) is 28.8 Å². The molecule has 0 aliphatic carbocycles. The number of nitro benzene ring substituents is 1. The summed E-state index contributed by atoms with van der Waals surface area (Å²) in [6.45, 7) is 4.31. The Bertz CT molecular complexity index is 942. The average molecular weight is 411 g/mol. The molecule has 2 fully saturated rings. The number of hydrogen-bond donors (Lipinski definition) is 1. The van der Waals surface area contributed by atoms with Crippen LogP contribution < -0.4 is 4.90 Å². The number of amides is 1. The van der Waals surface area contributed by atoms with Crippen molar-refractivity contribution in [3.8, 4) is 0 Å². The van der Waals surface area contributed by atoms with E-state index in [0.717, 1.165) is 25.9 Å². The van der Waals surface area contributed by atoms with E-state index in [2.05, 4.69) is 4.98 Å². The lowest BCUT2D eigenvalue weighted by atomic mass is 10.1. The highest BCUT2D eigenvalue weighted by Crippen LogP contribution is 2.28. The van der Waals surface area contributed by atoms with Crippen molar-refractivity contribution >= 4 is 23.1 Å². The molecular weight excluding hydrogens is 386 g/mol. The number of nitro groups is 1. The predicted octanol–water partition coefficient (Wildman–Crippen LogP) is 2.16. The van der Waals surface area contributed by atoms with Crippen LogP contribution in [0.25, 0.3) is 0 Å². The molecule has 158 valence electrons. The fourth-order valence-corrected chi connectivity index (χ4v) is 4.10. The molecule has 2 aliphatic heterocycles. The second kappa shape index (κ2) is 8.66. The van der Waals surface area contributed by atoms with E-state index in [4.69, 9.17) is 0 Å². The van der Waals surface area contributed by atoms with Crippen LogP contribution in [0.2, 0.25) is 0 Å². The summed E-state index contributed by atoms with van der Waals surface area (Å²) in [5.41, 5.74) is 1.69. The summed E-state index contributed by atoms with van der Waals surface area (Å²) in [6, 6.07) is 8.38. The molecule has 9 nitrogen and oxygen atoms in total. The third-order valence-electron chi connectivity index (χ3n) is 5.79. The maximum Gasteiger partial charge on any atom is 0.292 e. The van der Waals surface area contributed by atoms with Gasteiger partial charge in [0, 0.05) is 57.1 Å². The number of H-pyrrole nitrogens is 1. The van der Waals surface area contributed by atoms with Crippen LogP contribution in [0.4, 0.5) is 11.4 Å². The van der Waals surface area contributed by atoms with Crippen LogP contribution in [0.5, 0.6) is 0 Å². The van der Waals surface area contributed by atoms with Gasteiger partial charge < -0.3 is 14.8 Å². The van der Waals surface area contributed by atoms with Gasteiger partial charge in [-0.2, -0.15) is 0 Å². The van der Waals surface area contributed by atoms with Gasteiger partial charge in [-0.1, -0.05) is 12.1 Å². The molecule has 2 aliphatic rings. The summed E-state index contributed by atoms with van der Waals surface area (Å²) in [7, 11) is 0. The molecule has 0 atom stereocenters. The minimum Gasteiger partial charge on any atom is -0.363 e. The number of ketones is 1. The summed E-state index contributed by atoms with van der Waals surface area (Å²) in [5, 5.41) is 11.3. The van der Waals surface area contributed by atoms with Crippen LogP contribution in [-0.2, 0) is 0 Å². The van der Waals surface area contributed by atoms with Crippen molar-refractivity contribution < 1.29 is 14.5 Å². The third kappa shape index (κ3) is 4.20. The second-order valence-electron chi connectivity index (χ2n) is 7.73. The molecule has 0 spiro atoms. The molecule has 1 N–H and O–H groups in total. The van der Waals surface area contributed by atoms with Gasteiger partial charge in [-0.25, -0.2) is 0 Å². The number of anilines is 1. The number of carbonyl (C=O) groups is 2. The van der Waals surface area contributed by atoms with Crippen LogP contribution in [0.1, 0.15) is 33.7 Å². The van der Waals surface area contributed by atoms with E-state index < -0.39 is 0 Å². The van der Waals surface area contributed by atoms with Gasteiger partial charge in [0.2, 0.25) is 0 Å². The molecule has 9 heteroatoms. The molecule has 4 rings (SSSR count). The first-order valence-corrected chi connectivity index (χ1v) is 10.2. The molecule has 0 radical (unpaired) electrons. The Morgan fingerprint density at radius 2 is 1.73 bits per heavy atom. The van der Waals surface area contributed by atoms with Crippen molar-refractivity contribution in [1.29, 1.82) is 0 Å². The zero-order valence-corrected chi connectivity index (χ0v) is 16.7. The Morgan fingerprint density at radius 1 is 1.03 bits per heavy atom. The zero-order valence-electron chi connectivity index (χ0n) is 16.7. The van der Waals surface area contributed by atoms with E-state index >= 15 is 0 Å². The summed E-state index contributed by atoms with van der Waals surface area (Å²) in [4.78, 5) is 44.8. The standard InChI is InChI=1S/C21H25N5O4/c27-20(16-13-17(22-14-16)21(28)25-7-3-4-8-25)15-23-9-11-24(12-10-23)18-5-1-2-6-19(18)26(29)30/h1-2,5-6,13-14,22H,3-4,7-12,15H2. The lowest BCUT2D eigenvalue weighted by molar-refractivity contribution is -0.384. The molecule has 2 saturated heterocycles. The minimum absolute atomic E-state index is 0.0362. The lowest BCUT2D eigenvalue weighted by Gasteiger charge is -2.35. The number of para-hydroxylation sites is 2. The largest absolute Gasteiger partial charge is 0.363 e. The van der Waals surface area contributed by atoms with Crippen molar-refractivity contribution in [2.45, 2.75) is 12.8 Å². The first kappa shape index (κ1) is 20.1. The van der Waals surface area contributed by atoms with Crippen molar-refractivity contribution in [1.82, 2.24) is 14.8 Å². The number of rotatable bonds is 6. The number of aromatic amines is 1. The highest BCUT2D eigenvalue weighted by molar-refractivity contribution is 6.01. The maximum absolute atomic E-state index is 12.7. The molecule has 0 unspecified atom stereocenters. The van der Waals surface area contributed by atoms with Gasteiger partial charge in [0.15, 0.2) is 5.78 Å². The number of benzene rings is 1. The van der Waals surface area contributed by atoms with Gasteiger partial charge in [0.1, 0.15) is 11.4 Å². The molecule has 1 aromatic heterocycles. The first-order chi connectivity index (χ1) is 14.5. The van der Waals surface area contributed by atoms with Crippen LogP contribution >= 0.6 is 0 Å². The van der Waals surface area contributed by atoms with E-state index in [9.17, 15) is 19.7 Å². The Morgan fingerprint density at radius 3 is 2.43 bits per heavy atom. The maximum atomic E-state index is 12.7. The average Bonchev–Trinajstić information content (AvgIpc) is 3.46. The Hall–Kier alpha value is -3.20. The predicted molar refractivity (Wildman–Crippen MR) is 112 cm³/mol. The monoisotopic (exact) mass is 411 g/mol. The van der Waals surface area contributed by atoms with Crippen molar-refractivity contribution in [2.75, 3.05) is 50.7 Å². The van der Waals surface area contributed by atoms with Crippen LogP contribution in [0, 0.1) is 10.1 Å². The summed E-state index contributed by atoms with van der Waals surface area (Å²) in [5.74, 6) is -0.0875. The number of aromatic nitrogens is 1. The zero-order chi connectivity index (χ0) is 21.1. The molecule has 1 aromatic carbocycles. The van der Waals surface area contributed by atoms with Gasteiger partial charge in [0.05, 0.1) is 11.5 Å². The molecular formula is C21H25N5O4. The quantitative estimate of drug-likeness (QED) is 0.444. The fourth-order valence-electron chi connectivity index (χ4n) is 4.10. The fraction of sp³-hybridized carbons (Fsp3) is 0.429. The summed E-state index contributed by atoms with van der Waals surface area (Å²) < 4.78 is 0. The Kier molecular flexibility index (Phi) is 5.80. The van der Waals surface area contributed by atoms with Crippen LogP contribution in [-0.4, -0.2) is 77.2 Å². The van der Waals surface area contributed by atoms with E-state index in [0.29, 0.717) is 43.1 Å². The number of piperazine rings is 1. The number of likely N-dealkylation sites (tertiary alicyclic amines) is 1. The first-order valence-electron chi connectivity index (χ1n) is 10.2. The molecule has 30 heavy (non-hydrogen) atoms. The van der Waals surface area contributed by atoms with Gasteiger partial charge in [-0.05, 0) is 25.0 Å². The molecule has 1 amide bonds. The number of carbonyl (C=O) groups excluding carboxylic acids is 2. The van der Waals surface area contributed by atoms with Crippen molar-refractivity contribution in [3.63, 3.8) is 0 Å². The van der Waals surface area contributed by atoms with Crippen LogP contribution in [0.3, 0.4) is 0 Å². The third-order valence-corrected chi connectivity index (χ3v) is 5.79. The SMILES string of the molecule is O=C(CN1CCN(c2ccccc2[N+](=O)[O-])CC1)c1c[nH]c(C(=O)N2CCCC2)c1. The second-order valence-corrected chi connectivity index (χ2v) is 7.73. The number of nitrogens with one attached hydrogen (secondary N) is 1. The summed E-state index contributed by atoms with van der Waals surface area (Å²) in [6.07, 6.45) is 3.65. The van der Waals surface area contributed by atoms with Crippen LogP contribution in [0.15, 0.2) is 36.5 Å². The molecule has 0 bridgehead atoms. The number of nitrogens with zero attached hydrogens (tertiary/aromatic N) is 4. The van der Waals surface area contributed by atoms with Gasteiger partial charge >= 0.3 is 0 Å². The van der Waals surface area contributed by atoms with Gasteiger partial charge in [0.25, 0.3) is 11.6 Å². The van der Waals surface area contributed by atoms with E-state index in [1.807, 2.05) is 14.7 Å². The van der Waals surface area contributed by atoms with E-state index in [1.54, 1.807) is 30.5 Å². The normalized spacial score (nSPS) is 17.3.